The van der Waals surface area contributed by atoms with Gasteiger partial charge in [0.1, 0.15) is 10.6 Å². The highest BCUT2D eigenvalue weighted by molar-refractivity contribution is 7.89. The molecule has 20 heavy (non-hydrogen) atoms. The monoisotopic (exact) mass is 302 g/mol. The fraction of sp³-hybridized carbons (Fsp3) is 0.538. The summed E-state index contributed by atoms with van der Waals surface area (Å²) < 4.78 is 37.3. The van der Waals surface area contributed by atoms with E-state index < -0.39 is 10.0 Å². The van der Waals surface area contributed by atoms with Gasteiger partial charge in [0, 0.05) is 19.7 Å². The Kier molecular flexibility index (Phi) is 6.41. The summed E-state index contributed by atoms with van der Waals surface area (Å²) in [6.07, 6.45) is 0. The molecule has 0 spiro atoms. The Bertz CT molecular complexity index is 531. The normalized spacial score (nSPS) is 13.2. The molecular weight excluding hydrogens is 280 g/mol. The van der Waals surface area contributed by atoms with Gasteiger partial charge < -0.3 is 14.8 Å². The zero-order valence-electron chi connectivity index (χ0n) is 12.3. The van der Waals surface area contributed by atoms with Crippen LogP contribution in [0.1, 0.15) is 12.5 Å². The Labute approximate surface area is 120 Å². The molecule has 1 aromatic rings. The molecule has 0 aliphatic carbocycles. The molecular formula is C13H22N2O4S. The Hall–Kier alpha value is -1.15. The van der Waals surface area contributed by atoms with E-state index in [2.05, 4.69) is 10.0 Å². The lowest BCUT2D eigenvalue weighted by molar-refractivity contribution is 0.180. The van der Waals surface area contributed by atoms with E-state index in [1.165, 1.54) is 14.2 Å². The Balaban J connectivity index is 3.05. The second-order valence-corrected chi connectivity index (χ2v) is 6.18. The van der Waals surface area contributed by atoms with E-state index in [0.717, 1.165) is 5.56 Å². The summed E-state index contributed by atoms with van der Waals surface area (Å²) in [7, 11) is 1.17. The van der Waals surface area contributed by atoms with Crippen molar-refractivity contribution >= 4 is 10.0 Å². The lowest BCUT2D eigenvalue weighted by Gasteiger charge is -2.16. The minimum absolute atomic E-state index is 0.128. The van der Waals surface area contributed by atoms with Crippen molar-refractivity contribution in [3.8, 4) is 5.75 Å². The van der Waals surface area contributed by atoms with Gasteiger partial charge in [-0.3, -0.25) is 0 Å². The number of sulfonamides is 1. The molecule has 1 unspecified atom stereocenters. The summed E-state index contributed by atoms with van der Waals surface area (Å²) in [5, 5.41) is 3.01. The number of nitrogens with one attached hydrogen (secondary N) is 2. The van der Waals surface area contributed by atoms with E-state index >= 15 is 0 Å². The molecule has 0 aliphatic rings. The SMILES string of the molecule is CNCc1ccc(S(=O)(=O)NC(C)COC)c(OC)c1. The van der Waals surface area contributed by atoms with Crippen LogP contribution in [0.15, 0.2) is 23.1 Å². The third-order valence-electron chi connectivity index (χ3n) is 2.67. The van der Waals surface area contributed by atoms with Crippen LogP contribution >= 0.6 is 0 Å². The first-order chi connectivity index (χ1) is 9.44. The predicted molar refractivity (Wildman–Crippen MR) is 77.4 cm³/mol. The van der Waals surface area contributed by atoms with Gasteiger partial charge in [0.25, 0.3) is 0 Å². The van der Waals surface area contributed by atoms with E-state index in [-0.39, 0.29) is 10.9 Å². The molecule has 1 rings (SSSR count). The second kappa shape index (κ2) is 7.58. The number of methoxy groups -OCH3 is 2. The summed E-state index contributed by atoms with van der Waals surface area (Å²) >= 11 is 0. The fourth-order valence-corrected chi connectivity index (χ4v) is 3.24. The molecule has 6 nitrogen and oxygen atoms in total. The minimum atomic E-state index is -3.63. The van der Waals surface area contributed by atoms with Crippen molar-refractivity contribution in [2.45, 2.75) is 24.4 Å². The molecule has 0 aromatic heterocycles. The molecule has 0 saturated carbocycles. The van der Waals surface area contributed by atoms with Crippen molar-refractivity contribution in [1.82, 2.24) is 10.0 Å². The van der Waals surface area contributed by atoms with Crippen molar-refractivity contribution in [3.63, 3.8) is 0 Å². The highest BCUT2D eigenvalue weighted by Crippen LogP contribution is 2.25. The Morgan fingerprint density at radius 2 is 2.00 bits per heavy atom. The van der Waals surface area contributed by atoms with Crippen LogP contribution in [-0.2, 0) is 21.3 Å². The Morgan fingerprint density at radius 3 is 2.55 bits per heavy atom. The molecule has 114 valence electrons. The standard InChI is InChI=1S/C13H22N2O4S/c1-10(9-18-3)15-20(16,17)13-6-5-11(8-14-2)7-12(13)19-4/h5-7,10,14-15H,8-9H2,1-4H3. The highest BCUT2D eigenvalue weighted by Gasteiger charge is 2.21. The molecule has 0 heterocycles. The Morgan fingerprint density at radius 1 is 1.30 bits per heavy atom. The van der Waals surface area contributed by atoms with E-state index in [1.54, 1.807) is 25.1 Å². The number of ether oxygens (including phenoxy) is 2. The number of hydrogen-bond donors (Lipinski definition) is 2. The van der Waals surface area contributed by atoms with Gasteiger partial charge in [0.05, 0.1) is 13.7 Å². The quantitative estimate of drug-likeness (QED) is 0.740. The molecule has 1 atom stereocenters. The van der Waals surface area contributed by atoms with Crippen LogP contribution in [0.5, 0.6) is 5.75 Å². The minimum Gasteiger partial charge on any atom is -0.495 e. The largest absolute Gasteiger partial charge is 0.495 e. The first-order valence-electron chi connectivity index (χ1n) is 6.27. The van der Waals surface area contributed by atoms with Crippen LogP contribution in [0.3, 0.4) is 0 Å². The molecule has 0 fully saturated rings. The molecule has 0 amide bonds. The maximum Gasteiger partial charge on any atom is 0.244 e. The van der Waals surface area contributed by atoms with Gasteiger partial charge in [-0.1, -0.05) is 6.07 Å². The van der Waals surface area contributed by atoms with Crippen LogP contribution in [-0.4, -0.2) is 42.3 Å². The first-order valence-corrected chi connectivity index (χ1v) is 7.75. The van der Waals surface area contributed by atoms with Crippen molar-refractivity contribution in [2.75, 3.05) is 27.9 Å². The highest BCUT2D eigenvalue weighted by atomic mass is 32.2. The van der Waals surface area contributed by atoms with Crippen LogP contribution in [0.4, 0.5) is 0 Å². The molecule has 0 saturated heterocycles. The summed E-state index contributed by atoms with van der Waals surface area (Å²) in [6.45, 7) is 2.69. The second-order valence-electron chi connectivity index (χ2n) is 4.49. The van der Waals surface area contributed by atoms with Gasteiger partial charge in [-0.15, -0.1) is 0 Å². The van der Waals surface area contributed by atoms with E-state index in [1.807, 2.05) is 7.05 Å². The van der Waals surface area contributed by atoms with Crippen LogP contribution in [0.25, 0.3) is 0 Å². The van der Waals surface area contributed by atoms with E-state index in [0.29, 0.717) is 18.9 Å². The van der Waals surface area contributed by atoms with E-state index in [9.17, 15) is 8.42 Å². The fourth-order valence-electron chi connectivity index (χ4n) is 1.86. The molecule has 7 heteroatoms. The van der Waals surface area contributed by atoms with Crippen molar-refractivity contribution in [1.29, 1.82) is 0 Å². The first kappa shape index (κ1) is 16.9. The zero-order chi connectivity index (χ0) is 15.2. The number of hydrogen-bond acceptors (Lipinski definition) is 5. The molecule has 2 N–H and O–H groups in total. The van der Waals surface area contributed by atoms with Gasteiger partial charge in [0.2, 0.25) is 10.0 Å². The molecule has 0 bridgehead atoms. The summed E-state index contributed by atoms with van der Waals surface area (Å²) in [5.74, 6) is 0.329. The van der Waals surface area contributed by atoms with Crippen LogP contribution in [0.2, 0.25) is 0 Å². The van der Waals surface area contributed by atoms with Gasteiger partial charge in [0.15, 0.2) is 0 Å². The summed E-state index contributed by atoms with van der Waals surface area (Å²) in [4.78, 5) is 0.128. The maximum atomic E-state index is 12.3. The number of rotatable bonds is 8. The predicted octanol–water partition coefficient (Wildman–Crippen LogP) is 0.728. The lowest BCUT2D eigenvalue weighted by Crippen LogP contribution is -2.35. The van der Waals surface area contributed by atoms with Gasteiger partial charge in [-0.05, 0) is 31.7 Å². The van der Waals surface area contributed by atoms with E-state index in [4.69, 9.17) is 9.47 Å². The summed E-state index contributed by atoms with van der Waals surface area (Å²) in [6, 6.07) is 4.71. The molecule has 1 aromatic carbocycles. The topological polar surface area (TPSA) is 76.7 Å². The third-order valence-corrected chi connectivity index (χ3v) is 4.30. The number of benzene rings is 1. The van der Waals surface area contributed by atoms with Crippen LogP contribution < -0.4 is 14.8 Å². The average molecular weight is 302 g/mol. The molecule has 0 radical (unpaired) electrons. The van der Waals surface area contributed by atoms with Gasteiger partial charge >= 0.3 is 0 Å². The molecule has 0 aliphatic heterocycles. The van der Waals surface area contributed by atoms with Crippen molar-refractivity contribution in [3.05, 3.63) is 23.8 Å². The lowest BCUT2D eigenvalue weighted by atomic mass is 10.2. The van der Waals surface area contributed by atoms with Crippen molar-refractivity contribution < 1.29 is 17.9 Å². The summed E-state index contributed by atoms with van der Waals surface area (Å²) in [5.41, 5.74) is 0.952. The maximum absolute atomic E-state index is 12.3. The van der Waals surface area contributed by atoms with Gasteiger partial charge in [-0.25, -0.2) is 13.1 Å². The average Bonchev–Trinajstić information content (AvgIpc) is 2.38. The van der Waals surface area contributed by atoms with Gasteiger partial charge in [-0.2, -0.15) is 0 Å². The zero-order valence-corrected chi connectivity index (χ0v) is 13.1. The van der Waals surface area contributed by atoms with Crippen molar-refractivity contribution in [2.24, 2.45) is 0 Å². The third kappa shape index (κ3) is 4.45. The smallest absolute Gasteiger partial charge is 0.244 e. The van der Waals surface area contributed by atoms with Crippen LogP contribution in [0, 0.1) is 0 Å².